The predicted octanol–water partition coefficient (Wildman–Crippen LogP) is 5.95. The number of hydrogen-bond acceptors (Lipinski definition) is 5. The molecule has 0 unspecified atom stereocenters. The van der Waals surface area contributed by atoms with E-state index >= 15 is 0 Å². The minimum atomic E-state index is 0.165. The fraction of sp³-hybridized carbons (Fsp3) is 0.0526. The Balaban J connectivity index is 1.80. The molecule has 0 fully saturated rings. The number of aromatic hydroxyl groups is 1. The van der Waals surface area contributed by atoms with Crippen molar-refractivity contribution < 1.29 is 5.11 Å². The lowest BCUT2D eigenvalue weighted by molar-refractivity contribution is 0.441. The Bertz CT molecular complexity index is 1080. The Morgan fingerprint density at radius 2 is 2.04 bits per heavy atom. The van der Waals surface area contributed by atoms with Gasteiger partial charge < -0.3 is 5.11 Å². The Hall–Kier alpha value is -2.15. The minimum Gasteiger partial charge on any atom is -0.493 e. The summed E-state index contributed by atoms with van der Waals surface area (Å²) >= 11 is 8.55. The molecule has 1 aromatic heterocycles. The topological polar surface area (TPSA) is 37.5 Å². The molecular weight excluding hydrogens is 368 g/mol. The van der Waals surface area contributed by atoms with Crippen molar-refractivity contribution in [2.45, 2.75) is 4.90 Å². The average molecular weight is 383 g/mol. The molecule has 0 amide bonds. The van der Waals surface area contributed by atoms with Crippen LogP contribution < -0.4 is 0 Å². The van der Waals surface area contributed by atoms with Crippen LogP contribution in [-0.2, 0) is 0 Å². The van der Waals surface area contributed by atoms with E-state index in [1.165, 1.54) is 11.3 Å². The summed E-state index contributed by atoms with van der Waals surface area (Å²) < 4.78 is 2.33. The first-order valence-corrected chi connectivity index (χ1v) is 10.1. The highest BCUT2D eigenvalue weighted by molar-refractivity contribution is 7.98. The first kappa shape index (κ1) is 16.3. The van der Waals surface area contributed by atoms with Gasteiger partial charge in [-0.1, -0.05) is 24.3 Å². The fourth-order valence-electron chi connectivity index (χ4n) is 2.75. The van der Waals surface area contributed by atoms with E-state index in [2.05, 4.69) is 4.99 Å². The number of para-hydroxylation sites is 1. The van der Waals surface area contributed by atoms with E-state index in [1.807, 2.05) is 67.1 Å². The Morgan fingerprint density at radius 3 is 2.88 bits per heavy atom. The molecule has 6 heteroatoms. The number of allylic oxidation sites excluding steroid dienone is 1. The summed E-state index contributed by atoms with van der Waals surface area (Å²) in [5.41, 5.74) is 3.86. The summed E-state index contributed by atoms with van der Waals surface area (Å²) in [7, 11) is 0. The summed E-state index contributed by atoms with van der Waals surface area (Å²) in [5, 5.41) is 10.7. The van der Waals surface area contributed by atoms with E-state index in [1.54, 1.807) is 16.3 Å². The number of thioether (sulfide) groups is 1. The largest absolute Gasteiger partial charge is 0.493 e. The van der Waals surface area contributed by atoms with Crippen molar-refractivity contribution in [1.29, 1.82) is 0 Å². The van der Waals surface area contributed by atoms with E-state index in [9.17, 15) is 5.11 Å². The van der Waals surface area contributed by atoms with Gasteiger partial charge in [0.2, 0.25) is 5.88 Å². The molecule has 0 radical (unpaired) electrons. The molecule has 4 rings (SSSR count). The van der Waals surface area contributed by atoms with Crippen LogP contribution in [0.2, 0.25) is 0 Å². The smallest absolute Gasteiger partial charge is 0.215 e. The van der Waals surface area contributed by atoms with Crippen LogP contribution in [0.4, 0.5) is 5.69 Å². The number of nitrogens with zero attached hydrogens (tertiary/aromatic N) is 2. The van der Waals surface area contributed by atoms with Crippen molar-refractivity contribution in [3.63, 3.8) is 0 Å². The van der Waals surface area contributed by atoms with Crippen LogP contribution in [0.5, 0.6) is 5.88 Å². The molecule has 2 heterocycles. The third-order valence-corrected chi connectivity index (χ3v) is 6.00. The second-order valence-corrected chi connectivity index (χ2v) is 8.02. The van der Waals surface area contributed by atoms with E-state index in [0.29, 0.717) is 3.95 Å². The van der Waals surface area contributed by atoms with Crippen molar-refractivity contribution in [2.75, 3.05) is 6.26 Å². The van der Waals surface area contributed by atoms with Gasteiger partial charge >= 0.3 is 0 Å². The third kappa shape index (κ3) is 2.97. The Kier molecular flexibility index (Phi) is 4.33. The number of fused-ring (bicyclic) bond motifs is 1. The van der Waals surface area contributed by atoms with Crippen molar-refractivity contribution in [3.05, 3.63) is 62.9 Å². The van der Waals surface area contributed by atoms with E-state index < -0.39 is 0 Å². The van der Waals surface area contributed by atoms with Crippen LogP contribution in [0.25, 0.3) is 17.3 Å². The highest BCUT2D eigenvalue weighted by Gasteiger charge is 2.16. The zero-order chi connectivity index (χ0) is 17.4. The molecule has 0 aliphatic carbocycles. The normalized spacial score (nSPS) is 14.2. The van der Waals surface area contributed by atoms with E-state index in [-0.39, 0.29) is 5.88 Å². The van der Waals surface area contributed by atoms with Crippen LogP contribution in [0.3, 0.4) is 0 Å². The molecule has 0 atom stereocenters. The van der Waals surface area contributed by atoms with Gasteiger partial charge in [-0.25, -0.2) is 0 Å². The summed E-state index contributed by atoms with van der Waals surface area (Å²) in [4.78, 5) is 6.27. The Morgan fingerprint density at radius 1 is 1.20 bits per heavy atom. The summed E-state index contributed by atoms with van der Waals surface area (Å²) in [6.45, 7) is 0. The van der Waals surface area contributed by atoms with Gasteiger partial charge in [0.25, 0.3) is 0 Å². The fourth-order valence-corrected chi connectivity index (χ4v) is 4.50. The minimum absolute atomic E-state index is 0.165. The lowest BCUT2D eigenvalue weighted by atomic mass is 10.1. The van der Waals surface area contributed by atoms with Crippen LogP contribution in [0, 0.1) is 3.95 Å². The molecule has 25 heavy (non-hydrogen) atoms. The average Bonchev–Trinajstić information content (AvgIpc) is 3.16. The van der Waals surface area contributed by atoms with Crippen LogP contribution in [-0.4, -0.2) is 22.1 Å². The van der Waals surface area contributed by atoms with Gasteiger partial charge in [-0.15, -0.1) is 23.1 Å². The molecule has 1 aliphatic rings. The molecule has 1 N–H and O–H groups in total. The molecule has 124 valence electrons. The second-order valence-electron chi connectivity index (χ2n) is 5.47. The molecular formula is C19H14N2OS3. The summed E-state index contributed by atoms with van der Waals surface area (Å²) in [6, 6.07) is 15.9. The van der Waals surface area contributed by atoms with Gasteiger partial charge in [0.1, 0.15) is 0 Å². The van der Waals surface area contributed by atoms with Gasteiger partial charge in [0, 0.05) is 22.2 Å². The zero-order valence-electron chi connectivity index (χ0n) is 13.3. The maximum atomic E-state index is 10.7. The molecule has 3 aromatic rings. The lowest BCUT2D eigenvalue weighted by Gasteiger charge is -2.06. The van der Waals surface area contributed by atoms with Gasteiger partial charge in [0.05, 0.1) is 16.3 Å². The van der Waals surface area contributed by atoms with Gasteiger partial charge in [-0.3, -0.25) is 9.56 Å². The molecule has 1 aliphatic heterocycles. The number of thiazole rings is 1. The Labute approximate surface area is 159 Å². The second kappa shape index (κ2) is 6.63. The first-order chi connectivity index (χ1) is 12.2. The van der Waals surface area contributed by atoms with Crippen LogP contribution in [0.15, 0.2) is 58.4 Å². The van der Waals surface area contributed by atoms with Crippen LogP contribution >= 0.6 is 35.3 Å². The molecule has 0 spiro atoms. The SMILES string of the molecule is CSc1cccc(-n2c(O)c(C=C3C=Nc4ccccc43)sc2=S)c1. The molecule has 3 nitrogen and oxygen atoms in total. The van der Waals surface area contributed by atoms with Gasteiger partial charge in [-0.05, 0) is 48.8 Å². The lowest BCUT2D eigenvalue weighted by Crippen LogP contribution is -1.93. The maximum absolute atomic E-state index is 10.7. The number of rotatable bonds is 3. The number of aliphatic imine (C=N–C) groups is 1. The molecule has 2 aromatic carbocycles. The van der Waals surface area contributed by atoms with E-state index in [4.69, 9.17) is 12.2 Å². The monoisotopic (exact) mass is 382 g/mol. The number of aromatic nitrogens is 1. The highest BCUT2D eigenvalue weighted by Crippen LogP contribution is 2.37. The van der Waals surface area contributed by atoms with Crippen LogP contribution in [0.1, 0.15) is 10.4 Å². The summed E-state index contributed by atoms with van der Waals surface area (Å²) in [6.07, 6.45) is 5.80. The van der Waals surface area contributed by atoms with Crippen molar-refractivity contribution in [1.82, 2.24) is 4.57 Å². The van der Waals surface area contributed by atoms with Gasteiger partial charge in [0.15, 0.2) is 3.95 Å². The zero-order valence-corrected chi connectivity index (χ0v) is 15.8. The molecule has 0 saturated heterocycles. The van der Waals surface area contributed by atoms with Crippen molar-refractivity contribution in [3.8, 4) is 11.6 Å². The third-order valence-electron chi connectivity index (χ3n) is 3.97. The highest BCUT2D eigenvalue weighted by atomic mass is 32.2. The first-order valence-electron chi connectivity index (χ1n) is 7.62. The predicted molar refractivity (Wildman–Crippen MR) is 110 cm³/mol. The number of benzene rings is 2. The van der Waals surface area contributed by atoms with Gasteiger partial charge in [-0.2, -0.15) is 0 Å². The van der Waals surface area contributed by atoms with E-state index in [0.717, 1.165) is 32.3 Å². The maximum Gasteiger partial charge on any atom is 0.215 e. The molecule has 0 bridgehead atoms. The molecule has 0 saturated carbocycles. The standard InChI is InChI=1S/C19H14N2OS3/c1-24-14-6-4-5-13(10-14)21-18(22)17(25-19(21)23)9-12-11-20-16-8-3-2-7-15(12)16/h2-11,22H,1H3. The summed E-state index contributed by atoms with van der Waals surface area (Å²) in [5.74, 6) is 0.165. The number of hydrogen-bond donors (Lipinski definition) is 1. The van der Waals surface area contributed by atoms with Crippen molar-refractivity contribution >= 4 is 58.9 Å². The quantitative estimate of drug-likeness (QED) is 0.449. The van der Waals surface area contributed by atoms with Crippen molar-refractivity contribution in [2.24, 2.45) is 4.99 Å².